The van der Waals surface area contributed by atoms with Gasteiger partial charge in [-0.1, -0.05) is 18.2 Å². The number of aromatic nitrogens is 4. The Kier molecular flexibility index (Phi) is 3.59. The number of benzene rings is 2. The molecule has 2 aromatic heterocycles. The fourth-order valence-electron chi connectivity index (χ4n) is 2.68. The molecule has 0 radical (unpaired) electrons. The SMILES string of the molecule is Cc1ccc(Nc2ccccc2-n2cccn2)c(-n2cccn2)c1. The van der Waals surface area contributed by atoms with Crippen LogP contribution in [-0.2, 0) is 0 Å². The molecule has 118 valence electrons. The van der Waals surface area contributed by atoms with Gasteiger partial charge in [-0.25, -0.2) is 9.36 Å². The predicted octanol–water partition coefficient (Wildman–Crippen LogP) is 4.11. The van der Waals surface area contributed by atoms with Crippen LogP contribution in [0.4, 0.5) is 11.4 Å². The van der Waals surface area contributed by atoms with E-state index in [2.05, 4.69) is 40.6 Å². The molecule has 0 atom stereocenters. The van der Waals surface area contributed by atoms with E-state index in [0.717, 1.165) is 22.7 Å². The molecule has 0 amide bonds. The lowest BCUT2D eigenvalue weighted by molar-refractivity contribution is 0.876. The van der Waals surface area contributed by atoms with Crippen molar-refractivity contribution in [3.8, 4) is 11.4 Å². The van der Waals surface area contributed by atoms with Crippen molar-refractivity contribution in [3.63, 3.8) is 0 Å². The van der Waals surface area contributed by atoms with Gasteiger partial charge in [0.05, 0.1) is 22.7 Å². The van der Waals surface area contributed by atoms with E-state index in [1.807, 2.05) is 58.2 Å². The first-order chi connectivity index (χ1) is 11.8. The fourth-order valence-corrected chi connectivity index (χ4v) is 2.68. The number of nitrogens with zero attached hydrogens (tertiary/aromatic N) is 4. The summed E-state index contributed by atoms with van der Waals surface area (Å²) in [6.07, 6.45) is 7.44. The summed E-state index contributed by atoms with van der Waals surface area (Å²) in [6, 6.07) is 18.2. The molecule has 2 aromatic carbocycles. The molecule has 0 aliphatic carbocycles. The van der Waals surface area contributed by atoms with Crippen LogP contribution in [0, 0.1) is 6.92 Å². The van der Waals surface area contributed by atoms with E-state index >= 15 is 0 Å². The predicted molar refractivity (Wildman–Crippen MR) is 95.1 cm³/mol. The quantitative estimate of drug-likeness (QED) is 0.616. The number of para-hydroxylation sites is 2. The van der Waals surface area contributed by atoms with Crippen molar-refractivity contribution in [2.24, 2.45) is 0 Å². The fraction of sp³-hybridized carbons (Fsp3) is 0.0526. The standard InChI is InChI=1S/C19H17N5/c1-15-8-9-17(19(14-15)24-13-5-11-21-24)22-16-6-2-3-7-18(16)23-12-4-10-20-23/h2-14,22H,1H3. The highest BCUT2D eigenvalue weighted by Crippen LogP contribution is 2.28. The minimum Gasteiger partial charge on any atom is -0.352 e. The Morgan fingerprint density at radius 1 is 0.750 bits per heavy atom. The highest BCUT2D eigenvalue weighted by molar-refractivity contribution is 5.74. The van der Waals surface area contributed by atoms with Gasteiger partial charge in [0.15, 0.2) is 0 Å². The highest BCUT2D eigenvalue weighted by atomic mass is 15.3. The molecule has 5 nitrogen and oxygen atoms in total. The second-order valence-electron chi connectivity index (χ2n) is 5.56. The van der Waals surface area contributed by atoms with Gasteiger partial charge in [-0.15, -0.1) is 0 Å². The minimum absolute atomic E-state index is 0.985. The van der Waals surface area contributed by atoms with Crippen LogP contribution in [0.2, 0.25) is 0 Å². The smallest absolute Gasteiger partial charge is 0.0882 e. The van der Waals surface area contributed by atoms with Gasteiger partial charge >= 0.3 is 0 Å². The Balaban J connectivity index is 1.78. The first kappa shape index (κ1) is 14.3. The first-order valence-electron chi connectivity index (χ1n) is 7.78. The van der Waals surface area contributed by atoms with Gasteiger partial charge in [-0.2, -0.15) is 10.2 Å². The van der Waals surface area contributed by atoms with E-state index in [1.54, 1.807) is 12.4 Å². The maximum Gasteiger partial charge on any atom is 0.0882 e. The van der Waals surface area contributed by atoms with E-state index in [4.69, 9.17) is 0 Å². The van der Waals surface area contributed by atoms with Crippen LogP contribution in [0.25, 0.3) is 11.4 Å². The van der Waals surface area contributed by atoms with Crippen molar-refractivity contribution in [2.45, 2.75) is 6.92 Å². The monoisotopic (exact) mass is 315 g/mol. The van der Waals surface area contributed by atoms with E-state index in [9.17, 15) is 0 Å². The van der Waals surface area contributed by atoms with Crippen LogP contribution >= 0.6 is 0 Å². The number of hydrogen-bond acceptors (Lipinski definition) is 3. The van der Waals surface area contributed by atoms with Gasteiger partial charge in [-0.05, 0) is 48.9 Å². The number of hydrogen-bond donors (Lipinski definition) is 1. The van der Waals surface area contributed by atoms with Gasteiger partial charge in [0, 0.05) is 24.8 Å². The summed E-state index contributed by atoms with van der Waals surface area (Å²) in [4.78, 5) is 0. The second-order valence-corrected chi connectivity index (χ2v) is 5.56. The lowest BCUT2D eigenvalue weighted by Crippen LogP contribution is -2.04. The number of nitrogens with one attached hydrogen (secondary N) is 1. The van der Waals surface area contributed by atoms with E-state index < -0.39 is 0 Å². The second kappa shape index (κ2) is 6.04. The van der Waals surface area contributed by atoms with Crippen LogP contribution in [0.1, 0.15) is 5.56 Å². The summed E-state index contributed by atoms with van der Waals surface area (Å²) in [5.74, 6) is 0. The molecule has 0 aliphatic rings. The average molecular weight is 315 g/mol. The normalized spacial score (nSPS) is 10.7. The molecular weight excluding hydrogens is 298 g/mol. The van der Waals surface area contributed by atoms with Gasteiger partial charge in [-0.3, -0.25) is 0 Å². The summed E-state index contributed by atoms with van der Waals surface area (Å²) in [5, 5.41) is 12.2. The van der Waals surface area contributed by atoms with Gasteiger partial charge in [0.2, 0.25) is 0 Å². The molecule has 1 N–H and O–H groups in total. The number of aryl methyl sites for hydroxylation is 1. The summed E-state index contributed by atoms with van der Waals surface area (Å²) >= 11 is 0. The third kappa shape index (κ3) is 2.67. The summed E-state index contributed by atoms with van der Waals surface area (Å²) < 4.78 is 3.72. The molecule has 0 fully saturated rings. The molecule has 5 heteroatoms. The lowest BCUT2D eigenvalue weighted by atomic mass is 10.1. The minimum atomic E-state index is 0.985. The molecule has 0 saturated carbocycles. The highest BCUT2D eigenvalue weighted by Gasteiger charge is 2.09. The molecule has 0 spiro atoms. The van der Waals surface area contributed by atoms with Gasteiger partial charge in [0.25, 0.3) is 0 Å². The molecule has 0 unspecified atom stereocenters. The number of rotatable bonds is 4. The summed E-state index contributed by atoms with van der Waals surface area (Å²) in [7, 11) is 0. The average Bonchev–Trinajstić information content (AvgIpc) is 3.31. The van der Waals surface area contributed by atoms with Crippen molar-refractivity contribution < 1.29 is 0 Å². The summed E-state index contributed by atoms with van der Waals surface area (Å²) in [5.41, 5.74) is 5.17. The van der Waals surface area contributed by atoms with E-state index in [-0.39, 0.29) is 0 Å². The zero-order valence-corrected chi connectivity index (χ0v) is 13.3. The van der Waals surface area contributed by atoms with E-state index in [1.165, 1.54) is 5.56 Å². The van der Waals surface area contributed by atoms with Crippen LogP contribution in [0.15, 0.2) is 79.4 Å². The Morgan fingerprint density at radius 3 is 2.12 bits per heavy atom. The number of anilines is 2. The third-order valence-electron chi connectivity index (χ3n) is 3.83. The maximum absolute atomic E-state index is 4.36. The van der Waals surface area contributed by atoms with E-state index in [0.29, 0.717) is 0 Å². The van der Waals surface area contributed by atoms with Crippen LogP contribution in [0.5, 0.6) is 0 Å². The molecule has 4 aromatic rings. The molecule has 24 heavy (non-hydrogen) atoms. The largest absolute Gasteiger partial charge is 0.352 e. The van der Waals surface area contributed by atoms with Crippen molar-refractivity contribution in [1.82, 2.24) is 19.6 Å². The maximum atomic E-state index is 4.36. The van der Waals surface area contributed by atoms with Crippen molar-refractivity contribution in [3.05, 3.63) is 84.9 Å². The molecule has 0 aliphatic heterocycles. The van der Waals surface area contributed by atoms with Crippen LogP contribution < -0.4 is 5.32 Å². The van der Waals surface area contributed by atoms with Crippen LogP contribution in [-0.4, -0.2) is 19.6 Å². The Morgan fingerprint density at radius 2 is 1.42 bits per heavy atom. The summed E-state index contributed by atoms with van der Waals surface area (Å²) in [6.45, 7) is 2.08. The molecular formula is C19H17N5. The zero-order chi connectivity index (χ0) is 16.4. The van der Waals surface area contributed by atoms with Crippen molar-refractivity contribution in [1.29, 1.82) is 0 Å². The lowest BCUT2D eigenvalue weighted by Gasteiger charge is -2.16. The van der Waals surface area contributed by atoms with Crippen LogP contribution in [0.3, 0.4) is 0 Å². The molecule has 4 rings (SSSR count). The Labute approximate surface area is 140 Å². The zero-order valence-electron chi connectivity index (χ0n) is 13.3. The molecule has 2 heterocycles. The van der Waals surface area contributed by atoms with Crippen molar-refractivity contribution >= 4 is 11.4 Å². The Bertz CT molecular complexity index is 940. The molecule has 0 bridgehead atoms. The first-order valence-corrected chi connectivity index (χ1v) is 7.78. The van der Waals surface area contributed by atoms with Gasteiger partial charge in [0.1, 0.15) is 0 Å². The topological polar surface area (TPSA) is 47.7 Å². The molecule has 0 saturated heterocycles. The van der Waals surface area contributed by atoms with Gasteiger partial charge < -0.3 is 5.32 Å². The third-order valence-corrected chi connectivity index (χ3v) is 3.83. The van der Waals surface area contributed by atoms with Crippen molar-refractivity contribution in [2.75, 3.05) is 5.32 Å². The Hall–Kier alpha value is -3.34.